The van der Waals surface area contributed by atoms with Gasteiger partial charge in [-0.25, -0.2) is 18.6 Å². The zero-order valence-corrected chi connectivity index (χ0v) is 22.3. The molecule has 3 aromatic rings. The van der Waals surface area contributed by atoms with E-state index in [1.54, 1.807) is 36.2 Å². The lowest BCUT2D eigenvalue weighted by atomic mass is 10.2. The Morgan fingerprint density at radius 2 is 1.63 bits per heavy atom. The number of anilines is 3. The second kappa shape index (κ2) is 13.1. The highest BCUT2D eigenvalue weighted by molar-refractivity contribution is 6.32. The van der Waals surface area contributed by atoms with E-state index in [-0.39, 0.29) is 17.7 Å². The molecule has 0 saturated heterocycles. The van der Waals surface area contributed by atoms with E-state index in [1.807, 2.05) is 0 Å². The van der Waals surface area contributed by atoms with E-state index in [0.29, 0.717) is 17.8 Å². The Kier molecular flexibility index (Phi) is 9.91. The summed E-state index contributed by atoms with van der Waals surface area (Å²) in [5.74, 6) is -2.43. The third-order valence-electron chi connectivity index (χ3n) is 5.83. The number of aromatic nitrogens is 2. The van der Waals surface area contributed by atoms with E-state index < -0.39 is 28.5 Å². The fourth-order valence-corrected chi connectivity index (χ4v) is 3.62. The largest absolute Gasteiger partial charge is 0.420 e. The first-order valence-electron chi connectivity index (χ1n) is 11.9. The average Bonchev–Trinajstić information content (AvgIpc) is 2.93. The van der Waals surface area contributed by atoms with Gasteiger partial charge >= 0.3 is 6.09 Å². The topological polar surface area (TPSA) is 90.9 Å². The molecule has 0 unspecified atom stereocenters. The predicted molar refractivity (Wildman–Crippen MR) is 142 cm³/mol. The van der Waals surface area contributed by atoms with Crippen LogP contribution in [0.1, 0.15) is 24.2 Å². The van der Waals surface area contributed by atoms with Crippen molar-refractivity contribution >= 4 is 41.1 Å². The Hall–Kier alpha value is -3.83. The van der Waals surface area contributed by atoms with E-state index in [9.17, 15) is 18.4 Å². The van der Waals surface area contributed by atoms with Crippen LogP contribution < -0.4 is 15.0 Å². The Morgan fingerprint density at radius 3 is 2.29 bits per heavy atom. The maximum absolute atomic E-state index is 14.0. The fourth-order valence-electron chi connectivity index (χ4n) is 3.43. The van der Waals surface area contributed by atoms with E-state index in [2.05, 4.69) is 34.0 Å². The van der Waals surface area contributed by atoms with Crippen molar-refractivity contribution in [3.05, 3.63) is 70.9 Å². The summed E-state index contributed by atoms with van der Waals surface area (Å²) in [5.41, 5.74) is 1.15. The monoisotopic (exact) mass is 546 g/mol. The molecule has 0 radical (unpaired) electrons. The van der Waals surface area contributed by atoms with Gasteiger partial charge in [-0.1, -0.05) is 25.4 Å². The standard InChI is InChI=1S/C26H29ClF2N6O3/c1-5-35(6-2)16-15-33(3)24(36)17-7-9-18(10-8-17)31-25-30-14-13-21(32-25)34(4)26(37)38-23-20(29)12-11-19(28)22(23)27/h7-14H,5-6,15-16H2,1-4H3,(H,30,31,32). The van der Waals surface area contributed by atoms with Crippen LogP contribution in [0.25, 0.3) is 0 Å². The van der Waals surface area contributed by atoms with Crippen LogP contribution in [0.5, 0.6) is 5.75 Å². The van der Waals surface area contributed by atoms with E-state index in [4.69, 9.17) is 16.3 Å². The minimum absolute atomic E-state index is 0.0862. The van der Waals surface area contributed by atoms with Crippen LogP contribution in [0.4, 0.5) is 31.0 Å². The maximum Gasteiger partial charge on any atom is 0.420 e. The number of benzene rings is 2. The van der Waals surface area contributed by atoms with Crippen LogP contribution in [0.15, 0.2) is 48.7 Å². The van der Waals surface area contributed by atoms with Gasteiger partial charge in [-0.3, -0.25) is 9.69 Å². The van der Waals surface area contributed by atoms with Crippen molar-refractivity contribution in [1.29, 1.82) is 0 Å². The van der Waals surface area contributed by atoms with Gasteiger partial charge in [-0.2, -0.15) is 4.98 Å². The zero-order chi connectivity index (χ0) is 27.8. The van der Waals surface area contributed by atoms with Gasteiger partial charge in [0.1, 0.15) is 16.7 Å². The smallest absolute Gasteiger partial charge is 0.405 e. The van der Waals surface area contributed by atoms with Crippen molar-refractivity contribution in [1.82, 2.24) is 19.8 Å². The number of carbonyl (C=O) groups excluding carboxylic acids is 2. The lowest BCUT2D eigenvalue weighted by Gasteiger charge is -2.23. The molecule has 1 N–H and O–H groups in total. The third kappa shape index (κ3) is 7.14. The SMILES string of the molecule is CCN(CC)CCN(C)C(=O)c1ccc(Nc2nccc(N(C)C(=O)Oc3c(F)ccc(F)c3Cl)n2)cc1. The molecule has 0 aliphatic rings. The summed E-state index contributed by atoms with van der Waals surface area (Å²) < 4.78 is 32.6. The summed E-state index contributed by atoms with van der Waals surface area (Å²) >= 11 is 5.72. The van der Waals surface area contributed by atoms with Crippen molar-refractivity contribution in [2.24, 2.45) is 0 Å². The summed E-state index contributed by atoms with van der Waals surface area (Å²) in [4.78, 5) is 38.6. The Bertz CT molecular complexity index is 1270. The number of nitrogens with one attached hydrogen (secondary N) is 1. The number of hydrogen-bond donors (Lipinski definition) is 1. The minimum Gasteiger partial charge on any atom is -0.405 e. The third-order valence-corrected chi connectivity index (χ3v) is 6.18. The first-order valence-corrected chi connectivity index (χ1v) is 12.3. The molecule has 0 bridgehead atoms. The van der Waals surface area contributed by atoms with Crippen LogP contribution in [0.3, 0.4) is 0 Å². The summed E-state index contributed by atoms with van der Waals surface area (Å²) in [6.07, 6.45) is 0.376. The van der Waals surface area contributed by atoms with Crippen LogP contribution in [-0.4, -0.2) is 72.0 Å². The lowest BCUT2D eigenvalue weighted by Crippen LogP contribution is -2.36. The highest BCUT2D eigenvalue weighted by Gasteiger charge is 2.21. The fraction of sp³-hybridized carbons (Fsp3) is 0.308. The van der Waals surface area contributed by atoms with Gasteiger partial charge in [-0.15, -0.1) is 0 Å². The van der Waals surface area contributed by atoms with Gasteiger partial charge < -0.3 is 19.9 Å². The molecule has 1 heterocycles. The van der Waals surface area contributed by atoms with Crippen molar-refractivity contribution in [3.63, 3.8) is 0 Å². The molecule has 2 aromatic carbocycles. The molecule has 0 atom stereocenters. The Balaban J connectivity index is 1.64. The normalized spacial score (nSPS) is 10.8. The zero-order valence-electron chi connectivity index (χ0n) is 21.5. The molecule has 9 nitrogen and oxygen atoms in total. The highest BCUT2D eigenvalue weighted by Crippen LogP contribution is 2.31. The molecule has 0 aliphatic heterocycles. The summed E-state index contributed by atoms with van der Waals surface area (Å²) in [6.45, 7) is 7.45. The summed E-state index contributed by atoms with van der Waals surface area (Å²) in [7, 11) is 3.12. The van der Waals surface area contributed by atoms with Crippen molar-refractivity contribution in [2.75, 3.05) is 50.5 Å². The van der Waals surface area contributed by atoms with Gasteiger partial charge in [0.05, 0.1) is 0 Å². The second-order valence-corrected chi connectivity index (χ2v) is 8.67. The van der Waals surface area contributed by atoms with Gasteiger partial charge in [0.2, 0.25) is 5.95 Å². The minimum atomic E-state index is -1.03. The summed E-state index contributed by atoms with van der Waals surface area (Å²) in [6, 6.07) is 9.90. The Morgan fingerprint density at radius 1 is 0.974 bits per heavy atom. The Labute approximate surface area is 225 Å². The molecule has 3 rings (SSSR count). The van der Waals surface area contributed by atoms with E-state index in [0.717, 1.165) is 36.7 Å². The maximum atomic E-state index is 14.0. The number of hydrogen-bond acceptors (Lipinski definition) is 7. The van der Waals surface area contributed by atoms with Gasteiger partial charge in [0.15, 0.2) is 11.6 Å². The number of carbonyl (C=O) groups is 2. The van der Waals surface area contributed by atoms with E-state index >= 15 is 0 Å². The average molecular weight is 547 g/mol. The van der Waals surface area contributed by atoms with Crippen LogP contribution in [0, 0.1) is 11.6 Å². The molecule has 38 heavy (non-hydrogen) atoms. The first-order chi connectivity index (χ1) is 18.1. The molecule has 202 valence electrons. The number of likely N-dealkylation sites (N-methyl/N-ethyl adjacent to an activating group) is 2. The summed E-state index contributed by atoms with van der Waals surface area (Å²) in [5, 5.41) is 2.36. The number of rotatable bonds is 10. The van der Waals surface area contributed by atoms with Gasteiger partial charge in [0, 0.05) is 44.6 Å². The lowest BCUT2D eigenvalue weighted by molar-refractivity contribution is 0.0779. The van der Waals surface area contributed by atoms with Crippen LogP contribution in [-0.2, 0) is 0 Å². The first kappa shape index (κ1) is 28.7. The van der Waals surface area contributed by atoms with Crippen molar-refractivity contribution in [3.8, 4) is 5.75 Å². The van der Waals surface area contributed by atoms with Crippen molar-refractivity contribution < 1.29 is 23.1 Å². The van der Waals surface area contributed by atoms with E-state index in [1.165, 1.54) is 19.3 Å². The molecule has 12 heteroatoms. The molecule has 0 saturated carbocycles. The van der Waals surface area contributed by atoms with Crippen LogP contribution >= 0.6 is 11.6 Å². The number of ether oxygens (including phenoxy) is 1. The van der Waals surface area contributed by atoms with Gasteiger partial charge in [-0.05, 0) is 55.6 Å². The van der Waals surface area contributed by atoms with Crippen molar-refractivity contribution in [2.45, 2.75) is 13.8 Å². The second-order valence-electron chi connectivity index (χ2n) is 8.29. The highest BCUT2D eigenvalue weighted by atomic mass is 35.5. The molecular weight excluding hydrogens is 518 g/mol. The van der Waals surface area contributed by atoms with Gasteiger partial charge in [0.25, 0.3) is 5.91 Å². The quantitative estimate of drug-likeness (QED) is 0.349. The molecular formula is C26H29ClF2N6O3. The molecule has 0 aliphatic carbocycles. The number of halogens is 3. The molecule has 0 spiro atoms. The predicted octanol–water partition coefficient (Wildman–Crippen LogP) is 5.20. The number of amides is 2. The molecule has 1 aromatic heterocycles. The van der Waals surface area contributed by atoms with Crippen LogP contribution in [0.2, 0.25) is 5.02 Å². The molecule has 2 amide bonds. The number of nitrogens with zero attached hydrogens (tertiary/aromatic N) is 5. The molecule has 0 fully saturated rings.